The third-order valence-corrected chi connectivity index (χ3v) is 3.75. The summed E-state index contributed by atoms with van der Waals surface area (Å²) >= 11 is 1.52. The molecule has 2 rings (SSSR count). The van der Waals surface area contributed by atoms with Gasteiger partial charge in [-0.15, -0.1) is 11.3 Å². The number of hydrogen-bond donors (Lipinski definition) is 1. The zero-order valence-electron chi connectivity index (χ0n) is 10.5. The van der Waals surface area contributed by atoms with Gasteiger partial charge in [-0.05, 0) is 18.8 Å². The SMILES string of the molecule is COC(=O)Cc1csc(NCC2CCCOC2)n1. The average Bonchev–Trinajstić information content (AvgIpc) is 2.85. The van der Waals surface area contributed by atoms with E-state index in [1.54, 1.807) is 0 Å². The summed E-state index contributed by atoms with van der Waals surface area (Å²) in [6, 6.07) is 0. The number of esters is 1. The molecule has 0 bridgehead atoms. The Morgan fingerprint density at radius 2 is 2.61 bits per heavy atom. The lowest BCUT2D eigenvalue weighted by Crippen LogP contribution is -2.24. The minimum absolute atomic E-state index is 0.237. The second-order valence-corrected chi connectivity index (χ2v) is 5.22. The Bertz CT molecular complexity index is 388. The van der Waals surface area contributed by atoms with E-state index in [-0.39, 0.29) is 12.4 Å². The van der Waals surface area contributed by atoms with Crippen molar-refractivity contribution in [2.45, 2.75) is 19.3 Å². The van der Waals surface area contributed by atoms with E-state index < -0.39 is 0 Å². The van der Waals surface area contributed by atoms with Crippen molar-refractivity contribution < 1.29 is 14.3 Å². The molecule has 2 heterocycles. The molecule has 0 saturated carbocycles. The van der Waals surface area contributed by atoms with Crippen LogP contribution in [0.3, 0.4) is 0 Å². The van der Waals surface area contributed by atoms with Crippen LogP contribution in [0, 0.1) is 5.92 Å². The molecular weight excluding hydrogens is 252 g/mol. The minimum Gasteiger partial charge on any atom is -0.469 e. The number of nitrogens with zero attached hydrogens (tertiary/aromatic N) is 1. The van der Waals surface area contributed by atoms with Crippen molar-refractivity contribution in [1.82, 2.24) is 4.98 Å². The van der Waals surface area contributed by atoms with Crippen LogP contribution in [0.5, 0.6) is 0 Å². The molecule has 18 heavy (non-hydrogen) atoms. The highest BCUT2D eigenvalue weighted by atomic mass is 32.1. The highest BCUT2D eigenvalue weighted by Gasteiger charge is 2.14. The van der Waals surface area contributed by atoms with Gasteiger partial charge >= 0.3 is 5.97 Å². The van der Waals surface area contributed by atoms with E-state index in [2.05, 4.69) is 15.0 Å². The van der Waals surface area contributed by atoms with Crippen LogP contribution in [-0.2, 0) is 20.7 Å². The summed E-state index contributed by atoms with van der Waals surface area (Å²) in [4.78, 5) is 15.4. The number of rotatable bonds is 5. The zero-order valence-corrected chi connectivity index (χ0v) is 11.3. The van der Waals surface area contributed by atoms with Crippen LogP contribution in [-0.4, -0.2) is 37.8 Å². The summed E-state index contributed by atoms with van der Waals surface area (Å²) in [6.45, 7) is 2.59. The first-order chi connectivity index (χ1) is 8.78. The van der Waals surface area contributed by atoms with E-state index in [0.717, 1.165) is 37.0 Å². The van der Waals surface area contributed by atoms with Crippen LogP contribution in [0.1, 0.15) is 18.5 Å². The zero-order chi connectivity index (χ0) is 12.8. The third-order valence-electron chi connectivity index (χ3n) is 2.90. The van der Waals surface area contributed by atoms with Crippen molar-refractivity contribution in [3.05, 3.63) is 11.1 Å². The summed E-state index contributed by atoms with van der Waals surface area (Å²) in [6.07, 6.45) is 2.58. The largest absolute Gasteiger partial charge is 0.469 e. The number of carbonyl (C=O) groups excluding carboxylic acids is 1. The van der Waals surface area contributed by atoms with Gasteiger partial charge < -0.3 is 14.8 Å². The molecule has 1 N–H and O–H groups in total. The molecular formula is C12H18N2O3S. The molecule has 1 atom stereocenters. The first-order valence-corrected chi connectivity index (χ1v) is 6.98. The molecule has 0 amide bonds. The van der Waals surface area contributed by atoms with Gasteiger partial charge in [0.15, 0.2) is 5.13 Å². The number of nitrogens with one attached hydrogen (secondary N) is 1. The molecule has 5 nitrogen and oxygen atoms in total. The first-order valence-electron chi connectivity index (χ1n) is 6.10. The molecule has 1 unspecified atom stereocenters. The Hall–Kier alpha value is -1.14. The molecule has 0 spiro atoms. The molecule has 0 aromatic carbocycles. The number of methoxy groups -OCH3 is 1. The Morgan fingerprint density at radius 3 is 3.33 bits per heavy atom. The van der Waals surface area contributed by atoms with E-state index in [9.17, 15) is 4.79 Å². The van der Waals surface area contributed by atoms with Gasteiger partial charge in [0.05, 0.1) is 25.8 Å². The van der Waals surface area contributed by atoms with Crippen molar-refractivity contribution in [1.29, 1.82) is 0 Å². The average molecular weight is 270 g/mol. The summed E-state index contributed by atoms with van der Waals surface area (Å²) in [5.41, 5.74) is 0.759. The van der Waals surface area contributed by atoms with Gasteiger partial charge in [-0.1, -0.05) is 0 Å². The van der Waals surface area contributed by atoms with Gasteiger partial charge in [0, 0.05) is 18.5 Å². The van der Waals surface area contributed by atoms with Gasteiger partial charge in [0.1, 0.15) is 0 Å². The predicted octanol–water partition coefficient (Wildman–Crippen LogP) is 1.70. The Kier molecular flexibility index (Phi) is 4.95. The lowest BCUT2D eigenvalue weighted by molar-refractivity contribution is -0.139. The maximum absolute atomic E-state index is 11.1. The minimum atomic E-state index is -0.257. The summed E-state index contributed by atoms with van der Waals surface area (Å²) in [5, 5.41) is 6.05. The van der Waals surface area contributed by atoms with Gasteiger partial charge in [0.25, 0.3) is 0 Å². The van der Waals surface area contributed by atoms with Crippen LogP contribution in [0.2, 0.25) is 0 Å². The molecule has 100 valence electrons. The first kappa shape index (κ1) is 13.3. The fourth-order valence-electron chi connectivity index (χ4n) is 1.89. The van der Waals surface area contributed by atoms with E-state index in [4.69, 9.17) is 4.74 Å². The number of carbonyl (C=O) groups is 1. The Labute approximate surface area is 111 Å². The molecule has 1 aliphatic rings. The number of ether oxygens (including phenoxy) is 2. The highest BCUT2D eigenvalue weighted by Crippen LogP contribution is 2.19. The van der Waals surface area contributed by atoms with E-state index in [0.29, 0.717) is 5.92 Å². The lowest BCUT2D eigenvalue weighted by atomic mass is 10.0. The Balaban J connectivity index is 1.77. The summed E-state index contributed by atoms with van der Waals surface area (Å²) in [5.74, 6) is 0.305. The van der Waals surface area contributed by atoms with E-state index >= 15 is 0 Å². The smallest absolute Gasteiger partial charge is 0.311 e. The van der Waals surface area contributed by atoms with Crippen molar-refractivity contribution in [2.24, 2.45) is 5.92 Å². The molecule has 1 aromatic rings. The van der Waals surface area contributed by atoms with Crippen molar-refractivity contribution in [3.8, 4) is 0 Å². The van der Waals surface area contributed by atoms with Crippen molar-refractivity contribution in [3.63, 3.8) is 0 Å². The van der Waals surface area contributed by atoms with Crippen LogP contribution >= 0.6 is 11.3 Å². The normalized spacial score (nSPS) is 19.5. The third kappa shape index (κ3) is 3.96. The maximum atomic E-state index is 11.1. The van der Waals surface area contributed by atoms with Crippen LogP contribution in [0.4, 0.5) is 5.13 Å². The van der Waals surface area contributed by atoms with Crippen molar-refractivity contribution >= 4 is 22.4 Å². The fourth-order valence-corrected chi connectivity index (χ4v) is 2.61. The Morgan fingerprint density at radius 1 is 1.72 bits per heavy atom. The van der Waals surface area contributed by atoms with Gasteiger partial charge in [-0.2, -0.15) is 0 Å². The van der Waals surface area contributed by atoms with Crippen molar-refractivity contribution in [2.75, 3.05) is 32.2 Å². The fraction of sp³-hybridized carbons (Fsp3) is 0.667. The molecule has 0 aliphatic carbocycles. The summed E-state index contributed by atoms with van der Waals surface area (Å²) < 4.78 is 10.0. The van der Waals surface area contributed by atoms with Crippen LogP contribution in [0.25, 0.3) is 0 Å². The molecule has 1 aromatic heterocycles. The molecule has 1 fully saturated rings. The second kappa shape index (κ2) is 6.70. The second-order valence-electron chi connectivity index (χ2n) is 4.36. The lowest BCUT2D eigenvalue weighted by Gasteiger charge is -2.21. The van der Waals surface area contributed by atoms with Gasteiger partial charge in [-0.25, -0.2) is 4.98 Å². The monoisotopic (exact) mass is 270 g/mol. The maximum Gasteiger partial charge on any atom is 0.311 e. The summed E-state index contributed by atoms with van der Waals surface area (Å²) in [7, 11) is 1.39. The quantitative estimate of drug-likeness (QED) is 0.825. The van der Waals surface area contributed by atoms with E-state index in [1.807, 2.05) is 5.38 Å². The number of thiazole rings is 1. The standard InChI is InChI=1S/C12H18N2O3S/c1-16-11(15)5-10-8-18-12(14-10)13-6-9-3-2-4-17-7-9/h8-9H,2-7H2,1H3,(H,13,14). The molecule has 1 saturated heterocycles. The molecule has 1 aliphatic heterocycles. The van der Waals surface area contributed by atoms with Crippen LogP contribution < -0.4 is 5.32 Å². The van der Waals surface area contributed by atoms with Crippen LogP contribution in [0.15, 0.2) is 5.38 Å². The number of aromatic nitrogens is 1. The highest BCUT2D eigenvalue weighted by molar-refractivity contribution is 7.13. The number of hydrogen-bond acceptors (Lipinski definition) is 6. The molecule has 0 radical (unpaired) electrons. The van der Waals surface area contributed by atoms with E-state index in [1.165, 1.54) is 24.9 Å². The van der Waals surface area contributed by atoms with Gasteiger partial charge in [-0.3, -0.25) is 4.79 Å². The number of anilines is 1. The van der Waals surface area contributed by atoms with Gasteiger partial charge in [0.2, 0.25) is 0 Å². The predicted molar refractivity (Wildman–Crippen MR) is 69.9 cm³/mol. The molecule has 6 heteroatoms. The topological polar surface area (TPSA) is 60.5 Å².